The largest absolute Gasteiger partial charge is 0.322 e. The number of benzene rings is 1. The van der Waals surface area contributed by atoms with Gasteiger partial charge in [0.1, 0.15) is 0 Å². The number of rotatable bonds is 3. The van der Waals surface area contributed by atoms with Gasteiger partial charge in [-0.1, -0.05) is 27.5 Å². The number of halogens is 2. The summed E-state index contributed by atoms with van der Waals surface area (Å²) in [5, 5.41) is 2.94. The Morgan fingerprint density at radius 3 is 2.43 bits per heavy atom. The van der Waals surface area contributed by atoms with E-state index in [4.69, 9.17) is 11.6 Å². The topological polar surface area (TPSA) is 35.6 Å². The molecule has 1 saturated heterocycles. The first-order valence-corrected chi connectivity index (χ1v) is 9.37. The van der Waals surface area contributed by atoms with Crippen molar-refractivity contribution < 1.29 is 4.79 Å². The quantitative estimate of drug-likeness (QED) is 0.802. The number of piperazine rings is 1. The van der Waals surface area contributed by atoms with Gasteiger partial charge in [0.05, 0.1) is 4.34 Å². The van der Waals surface area contributed by atoms with Gasteiger partial charge in [-0.3, -0.25) is 4.90 Å². The van der Waals surface area contributed by atoms with Crippen LogP contribution in [-0.2, 0) is 6.54 Å². The molecule has 7 heteroatoms. The molecule has 2 heterocycles. The van der Waals surface area contributed by atoms with Crippen molar-refractivity contribution in [2.24, 2.45) is 0 Å². The zero-order valence-corrected chi connectivity index (χ0v) is 15.6. The number of thiophene rings is 1. The van der Waals surface area contributed by atoms with Crippen LogP contribution in [0.15, 0.2) is 40.9 Å². The third-order valence-electron chi connectivity index (χ3n) is 3.76. The third-order valence-corrected chi connectivity index (χ3v) is 5.51. The van der Waals surface area contributed by atoms with Crippen LogP contribution < -0.4 is 5.32 Å². The van der Waals surface area contributed by atoms with E-state index in [1.54, 1.807) is 11.3 Å². The fourth-order valence-electron chi connectivity index (χ4n) is 2.50. The van der Waals surface area contributed by atoms with Gasteiger partial charge in [0.15, 0.2) is 0 Å². The first-order chi connectivity index (χ1) is 11.1. The molecule has 0 aliphatic carbocycles. The fraction of sp³-hybridized carbons (Fsp3) is 0.312. The maximum Gasteiger partial charge on any atom is 0.321 e. The number of carbonyl (C=O) groups excluding carboxylic acids is 1. The average Bonchev–Trinajstić information content (AvgIpc) is 2.95. The van der Waals surface area contributed by atoms with Crippen molar-refractivity contribution in [3.8, 4) is 0 Å². The molecular weight excluding hydrogens is 398 g/mol. The average molecular weight is 415 g/mol. The van der Waals surface area contributed by atoms with Gasteiger partial charge in [-0.25, -0.2) is 4.79 Å². The van der Waals surface area contributed by atoms with Crippen LogP contribution in [0.1, 0.15) is 4.88 Å². The molecule has 1 aliphatic rings. The Labute approximate surface area is 153 Å². The van der Waals surface area contributed by atoms with Crippen molar-refractivity contribution in [2.75, 3.05) is 31.5 Å². The lowest BCUT2D eigenvalue weighted by atomic mass is 10.3. The van der Waals surface area contributed by atoms with Crippen LogP contribution in [0.3, 0.4) is 0 Å². The Bertz CT molecular complexity index is 668. The van der Waals surface area contributed by atoms with Gasteiger partial charge < -0.3 is 10.2 Å². The zero-order chi connectivity index (χ0) is 16.2. The van der Waals surface area contributed by atoms with Gasteiger partial charge in [0.2, 0.25) is 0 Å². The summed E-state index contributed by atoms with van der Waals surface area (Å²) in [7, 11) is 0. The number of anilines is 1. The highest BCUT2D eigenvalue weighted by molar-refractivity contribution is 9.10. The molecule has 0 unspecified atom stereocenters. The van der Waals surface area contributed by atoms with E-state index in [1.165, 1.54) is 4.88 Å². The van der Waals surface area contributed by atoms with E-state index in [9.17, 15) is 4.79 Å². The van der Waals surface area contributed by atoms with Crippen LogP contribution in [0.4, 0.5) is 10.5 Å². The molecule has 0 bridgehead atoms. The molecule has 0 atom stereocenters. The predicted octanol–water partition coefficient (Wildman–Crippen LogP) is 4.51. The molecule has 0 spiro atoms. The number of hydrogen-bond donors (Lipinski definition) is 1. The molecule has 0 saturated carbocycles. The van der Waals surface area contributed by atoms with Gasteiger partial charge in [0.25, 0.3) is 0 Å². The maximum absolute atomic E-state index is 12.3. The minimum absolute atomic E-state index is 0.0360. The minimum Gasteiger partial charge on any atom is -0.322 e. The second-order valence-electron chi connectivity index (χ2n) is 5.41. The molecule has 3 rings (SSSR count). The Morgan fingerprint density at radius 2 is 1.83 bits per heavy atom. The van der Waals surface area contributed by atoms with Crippen LogP contribution in [0.25, 0.3) is 0 Å². The minimum atomic E-state index is -0.0360. The molecule has 1 aromatic carbocycles. The normalized spacial score (nSPS) is 15.7. The Balaban J connectivity index is 1.48. The first kappa shape index (κ1) is 16.8. The van der Waals surface area contributed by atoms with Crippen molar-refractivity contribution in [1.29, 1.82) is 0 Å². The highest BCUT2D eigenvalue weighted by atomic mass is 79.9. The second kappa shape index (κ2) is 7.66. The lowest BCUT2D eigenvalue weighted by Gasteiger charge is -2.34. The summed E-state index contributed by atoms with van der Waals surface area (Å²) in [5.74, 6) is 0. The van der Waals surface area contributed by atoms with Gasteiger partial charge in [-0.15, -0.1) is 11.3 Å². The van der Waals surface area contributed by atoms with Crippen LogP contribution >= 0.6 is 38.9 Å². The number of amides is 2. The lowest BCUT2D eigenvalue weighted by Crippen LogP contribution is -2.49. The summed E-state index contributed by atoms with van der Waals surface area (Å²) in [6.07, 6.45) is 0. The second-order valence-corrected chi connectivity index (χ2v) is 8.12. The summed E-state index contributed by atoms with van der Waals surface area (Å²) in [5.41, 5.74) is 0.814. The zero-order valence-electron chi connectivity index (χ0n) is 12.5. The van der Waals surface area contributed by atoms with Crippen LogP contribution in [0, 0.1) is 0 Å². The van der Waals surface area contributed by atoms with E-state index in [1.807, 2.05) is 35.2 Å². The van der Waals surface area contributed by atoms with Crippen LogP contribution in [0.5, 0.6) is 0 Å². The summed E-state index contributed by atoms with van der Waals surface area (Å²) in [6, 6.07) is 11.6. The highest BCUT2D eigenvalue weighted by Gasteiger charge is 2.21. The standard InChI is InChI=1S/C16H17BrClN3OS/c17-12-1-3-13(4-2-12)19-16(22)21-9-7-20(8-10-21)11-14-5-6-15(18)23-14/h1-6H,7-11H2,(H,19,22). The monoisotopic (exact) mass is 413 g/mol. The van der Waals surface area contributed by atoms with Crippen molar-refractivity contribution >= 4 is 50.6 Å². The van der Waals surface area contributed by atoms with E-state index < -0.39 is 0 Å². The molecule has 1 aromatic heterocycles. The molecule has 23 heavy (non-hydrogen) atoms. The number of carbonyl (C=O) groups is 1. The van der Waals surface area contributed by atoms with Crippen LogP contribution in [-0.4, -0.2) is 42.0 Å². The van der Waals surface area contributed by atoms with Crippen molar-refractivity contribution in [3.63, 3.8) is 0 Å². The molecule has 1 N–H and O–H groups in total. The first-order valence-electron chi connectivity index (χ1n) is 7.38. The molecule has 4 nitrogen and oxygen atoms in total. The van der Waals surface area contributed by atoms with E-state index in [0.717, 1.165) is 47.2 Å². The number of nitrogens with one attached hydrogen (secondary N) is 1. The van der Waals surface area contributed by atoms with Gasteiger partial charge in [-0.05, 0) is 36.4 Å². The smallest absolute Gasteiger partial charge is 0.321 e. The molecule has 2 amide bonds. The van der Waals surface area contributed by atoms with E-state index in [0.29, 0.717) is 0 Å². The Kier molecular flexibility index (Phi) is 5.58. The molecule has 122 valence electrons. The van der Waals surface area contributed by atoms with E-state index in [2.05, 4.69) is 32.2 Å². The lowest BCUT2D eigenvalue weighted by molar-refractivity contribution is 0.143. The molecule has 1 aliphatic heterocycles. The van der Waals surface area contributed by atoms with E-state index in [-0.39, 0.29) is 6.03 Å². The Hall–Kier alpha value is -1.08. The van der Waals surface area contributed by atoms with E-state index >= 15 is 0 Å². The molecule has 0 radical (unpaired) electrons. The summed E-state index contributed by atoms with van der Waals surface area (Å²) >= 11 is 11.0. The predicted molar refractivity (Wildman–Crippen MR) is 99.3 cm³/mol. The van der Waals surface area contributed by atoms with Crippen molar-refractivity contribution in [1.82, 2.24) is 9.80 Å². The maximum atomic E-state index is 12.3. The molecule has 2 aromatic rings. The Morgan fingerprint density at radius 1 is 1.13 bits per heavy atom. The fourth-order valence-corrected chi connectivity index (χ4v) is 3.90. The third kappa shape index (κ3) is 4.70. The van der Waals surface area contributed by atoms with Gasteiger partial charge >= 0.3 is 6.03 Å². The summed E-state index contributed by atoms with van der Waals surface area (Å²) in [4.78, 5) is 17.8. The summed E-state index contributed by atoms with van der Waals surface area (Å²) < 4.78 is 1.82. The van der Waals surface area contributed by atoms with Crippen molar-refractivity contribution in [3.05, 3.63) is 50.1 Å². The number of nitrogens with zero attached hydrogens (tertiary/aromatic N) is 2. The van der Waals surface area contributed by atoms with Crippen LogP contribution in [0.2, 0.25) is 4.34 Å². The van der Waals surface area contributed by atoms with Crippen molar-refractivity contribution in [2.45, 2.75) is 6.54 Å². The number of hydrogen-bond acceptors (Lipinski definition) is 3. The number of urea groups is 1. The molecular formula is C16H17BrClN3OS. The molecule has 1 fully saturated rings. The summed E-state index contributed by atoms with van der Waals surface area (Å²) in [6.45, 7) is 4.13. The van der Waals surface area contributed by atoms with Gasteiger partial charge in [0, 0.05) is 47.8 Å². The van der Waals surface area contributed by atoms with Gasteiger partial charge in [-0.2, -0.15) is 0 Å². The SMILES string of the molecule is O=C(Nc1ccc(Br)cc1)N1CCN(Cc2ccc(Cl)s2)CC1. The highest BCUT2D eigenvalue weighted by Crippen LogP contribution is 2.23.